The Kier molecular flexibility index (Phi) is 4.01. The van der Waals surface area contributed by atoms with E-state index in [1.165, 1.54) is 32.1 Å². The molecule has 0 saturated carbocycles. The highest BCUT2D eigenvalue weighted by Crippen LogP contribution is 2.30. The molecule has 0 aromatic rings. The van der Waals surface area contributed by atoms with E-state index in [1.54, 1.807) is 5.57 Å². The molecule has 0 fully saturated rings. The summed E-state index contributed by atoms with van der Waals surface area (Å²) in [5.41, 5.74) is 1.68. The zero-order chi connectivity index (χ0) is 8.23. The van der Waals surface area contributed by atoms with Crippen molar-refractivity contribution in [3.63, 3.8) is 0 Å². The second-order valence-corrected chi connectivity index (χ2v) is 3.69. The summed E-state index contributed by atoms with van der Waals surface area (Å²) in [6, 6.07) is 0. The first-order chi connectivity index (χ1) is 5.97. The Balaban J connectivity index is 0.000000845. The Morgan fingerprint density at radius 1 is 1.08 bits per heavy atom. The van der Waals surface area contributed by atoms with Crippen LogP contribution in [0.1, 0.15) is 39.5 Å². The van der Waals surface area contributed by atoms with Gasteiger partial charge in [0.1, 0.15) is 0 Å². The molecule has 0 heteroatoms. The summed E-state index contributed by atoms with van der Waals surface area (Å²) in [7, 11) is 0. The van der Waals surface area contributed by atoms with E-state index in [0.29, 0.717) is 0 Å². The van der Waals surface area contributed by atoms with Crippen LogP contribution in [0.25, 0.3) is 0 Å². The van der Waals surface area contributed by atoms with Crippen LogP contribution in [0.4, 0.5) is 0 Å². The van der Waals surface area contributed by atoms with Gasteiger partial charge in [0, 0.05) is 0 Å². The van der Waals surface area contributed by atoms with E-state index in [2.05, 4.69) is 30.4 Å². The SMILES string of the molecule is C.C1=CCCC(C2CC=CCC2)=C1. The maximum Gasteiger partial charge on any atom is -0.0162 e. The van der Waals surface area contributed by atoms with Gasteiger partial charge in [-0.2, -0.15) is 0 Å². The highest BCUT2D eigenvalue weighted by molar-refractivity contribution is 5.21. The zero-order valence-electron chi connectivity index (χ0n) is 7.50. The molecule has 0 spiro atoms. The number of allylic oxidation sites excluding steroid dienone is 6. The van der Waals surface area contributed by atoms with E-state index in [-0.39, 0.29) is 7.43 Å². The van der Waals surface area contributed by atoms with Crippen molar-refractivity contribution in [2.75, 3.05) is 0 Å². The minimum atomic E-state index is 0. The number of rotatable bonds is 1. The van der Waals surface area contributed by atoms with Gasteiger partial charge in [0.15, 0.2) is 0 Å². The third-order valence-electron chi connectivity index (χ3n) is 2.84. The molecule has 0 aromatic heterocycles. The summed E-state index contributed by atoms with van der Waals surface area (Å²) in [5.74, 6) is 0.861. The van der Waals surface area contributed by atoms with Crippen LogP contribution in [-0.2, 0) is 0 Å². The smallest absolute Gasteiger partial charge is 0.0162 e. The van der Waals surface area contributed by atoms with Gasteiger partial charge < -0.3 is 0 Å². The molecule has 2 rings (SSSR count). The van der Waals surface area contributed by atoms with E-state index in [1.807, 2.05) is 0 Å². The molecule has 1 unspecified atom stereocenters. The minimum Gasteiger partial charge on any atom is -0.0885 e. The molecule has 13 heavy (non-hydrogen) atoms. The third kappa shape index (κ3) is 2.58. The van der Waals surface area contributed by atoms with Gasteiger partial charge in [0.25, 0.3) is 0 Å². The molecule has 0 amide bonds. The van der Waals surface area contributed by atoms with Crippen molar-refractivity contribution >= 4 is 0 Å². The fourth-order valence-electron chi connectivity index (χ4n) is 2.09. The molecular weight excluding hydrogens is 156 g/mol. The van der Waals surface area contributed by atoms with Crippen molar-refractivity contribution in [2.45, 2.75) is 39.5 Å². The molecule has 0 bridgehead atoms. The third-order valence-corrected chi connectivity index (χ3v) is 2.84. The van der Waals surface area contributed by atoms with Crippen LogP contribution in [0.3, 0.4) is 0 Å². The van der Waals surface area contributed by atoms with E-state index >= 15 is 0 Å². The van der Waals surface area contributed by atoms with Gasteiger partial charge in [-0.25, -0.2) is 0 Å². The molecule has 0 saturated heterocycles. The van der Waals surface area contributed by atoms with Crippen LogP contribution in [0.2, 0.25) is 0 Å². The van der Waals surface area contributed by atoms with Gasteiger partial charge in [-0.3, -0.25) is 0 Å². The molecule has 0 radical (unpaired) electrons. The normalized spacial score (nSPS) is 26.5. The van der Waals surface area contributed by atoms with Crippen LogP contribution in [-0.4, -0.2) is 0 Å². The Morgan fingerprint density at radius 2 is 2.00 bits per heavy atom. The maximum absolute atomic E-state index is 2.34. The summed E-state index contributed by atoms with van der Waals surface area (Å²) in [4.78, 5) is 0. The fourth-order valence-corrected chi connectivity index (χ4v) is 2.09. The van der Waals surface area contributed by atoms with Crippen LogP contribution < -0.4 is 0 Å². The van der Waals surface area contributed by atoms with Crippen molar-refractivity contribution in [3.05, 3.63) is 36.0 Å². The second kappa shape index (κ2) is 5.06. The average Bonchev–Trinajstić information content (AvgIpc) is 2.21. The summed E-state index contributed by atoms with van der Waals surface area (Å²) >= 11 is 0. The first-order valence-corrected chi connectivity index (χ1v) is 4.97. The van der Waals surface area contributed by atoms with Crippen molar-refractivity contribution in [1.82, 2.24) is 0 Å². The summed E-state index contributed by atoms with van der Waals surface area (Å²) in [5, 5.41) is 0. The van der Waals surface area contributed by atoms with E-state index in [0.717, 1.165) is 5.92 Å². The lowest BCUT2D eigenvalue weighted by Crippen LogP contribution is -2.07. The lowest BCUT2D eigenvalue weighted by molar-refractivity contribution is 0.532. The average molecular weight is 176 g/mol. The van der Waals surface area contributed by atoms with Crippen LogP contribution in [0.5, 0.6) is 0 Å². The van der Waals surface area contributed by atoms with Gasteiger partial charge >= 0.3 is 0 Å². The molecule has 0 N–H and O–H groups in total. The molecule has 2 aliphatic carbocycles. The largest absolute Gasteiger partial charge is 0.0885 e. The van der Waals surface area contributed by atoms with Gasteiger partial charge in [0.2, 0.25) is 0 Å². The van der Waals surface area contributed by atoms with Crippen molar-refractivity contribution < 1.29 is 0 Å². The first-order valence-electron chi connectivity index (χ1n) is 4.97. The standard InChI is InChI=1S/C12H16.CH4/c1-3-7-11(8-4-1)12-9-5-2-6-10-12;/h1-3,5,7,12H,4,6,8-10H2;1H4. The second-order valence-electron chi connectivity index (χ2n) is 3.69. The Morgan fingerprint density at radius 3 is 2.62 bits per heavy atom. The maximum atomic E-state index is 2.34. The van der Waals surface area contributed by atoms with Crippen molar-refractivity contribution in [1.29, 1.82) is 0 Å². The summed E-state index contributed by atoms with van der Waals surface area (Å²) in [6.45, 7) is 0. The van der Waals surface area contributed by atoms with Gasteiger partial charge in [0.05, 0.1) is 0 Å². The van der Waals surface area contributed by atoms with Crippen molar-refractivity contribution in [2.24, 2.45) is 5.92 Å². The number of hydrogen-bond acceptors (Lipinski definition) is 0. The molecule has 0 aromatic carbocycles. The zero-order valence-corrected chi connectivity index (χ0v) is 7.50. The van der Waals surface area contributed by atoms with Crippen LogP contribution in [0.15, 0.2) is 36.0 Å². The van der Waals surface area contributed by atoms with E-state index in [4.69, 9.17) is 0 Å². The Hall–Kier alpha value is -0.780. The Labute approximate surface area is 82.0 Å². The van der Waals surface area contributed by atoms with Crippen LogP contribution >= 0.6 is 0 Å². The Bertz CT molecular complexity index is 230. The molecule has 2 aliphatic rings. The molecule has 0 heterocycles. The fraction of sp³-hybridized carbons (Fsp3) is 0.538. The van der Waals surface area contributed by atoms with Crippen LogP contribution in [0, 0.1) is 5.92 Å². The quantitative estimate of drug-likeness (QED) is 0.524. The highest BCUT2D eigenvalue weighted by Gasteiger charge is 2.14. The van der Waals surface area contributed by atoms with Crippen molar-refractivity contribution in [3.8, 4) is 0 Å². The molecular formula is C13H20. The topological polar surface area (TPSA) is 0 Å². The minimum absolute atomic E-state index is 0. The lowest BCUT2D eigenvalue weighted by atomic mass is 9.84. The van der Waals surface area contributed by atoms with E-state index in [9.17, 15) is 0 Å². The highest BCUT2D eigenvalue weighted by atomic mass is 14.2. The summed E-state index contributed by atoms with van der Waals surface area (Å²) in [6.07, 6.45) is 18.0. The molecule has 0 nitrogen and oxygen atoms in total. The first kappa shape index (κ1) is 10.3. The van der Waals surface area contributed by atoms with Gasteiger partial charge in [-0.1, -0.05) is 43.4 Å². The lowest BCUT2D eigenvalue weighted by Gasteiger charge is -2.22. The monoisotopic (exact) mass is 176 g/mol. The number of hydrogen-bond donors (Lipinski definition) is 0. The summed E-state index contributed by atoms with van der Waals surface area (Å²) < 4.78 is 0. The molecule has 1 atom stereocenters. The predicted molar refractivity (Wildman–Crippen MR) is 59.7 cm³/mol. The molecule has 72 valence electrons. The molecule has 0 aliphatic heterocycles. The van der Waals surface area contributed by atoms with Gasteiger partial charge in [-0.05, 0) is 38.0 Å². The van der Waals surface area contributed by atoms with Gasteiger partial charge in [-0.15, -0.1) is 0 Å². The predicted octanol–water partition coefficient (Wildman–Crippen LogP) is 4.26. The van der Waals surface area contributed by atoms with E-state index < -0.39 is 0 Å².